The molecule has 2 aliphatic rings. The standard InChI is InChI=1S/C29H32BrF4N3O3/c1-17(38)35-24-9-5-19(6-10-24)28(40)37-12-11-26(25(16-37)18-3-7-23(31)8-4-18)36(2)27(39)20-13-21(29(32,33)34)15-22(30)14-20/h3-4,7-8,13-15,19,24-26H,5-6,9-12,16H2,1-2H3,(H,35,38). The Balaban J connectivity index is 1.54. The molecular formula is C29H32BrF4N3O3. The number of hydrogen-bond acceptors (Lipinski definition) is 3. The van der Waals surface area contributed by atoms with Crippen LogP contribution in [0.15, 0.2) is 46.9 Å². The first-order valence-electron chi connectivity index (χ1n) is 13.3. The van der Waals surface area contributed by atoms with E-state index in [2.05, 4.69) is 21.2 Å². The molecule has 0 radical (unpaired) electrons. The summed E-state index contributed by atoms with van der Waals surface area (Å²) in [6.07, 6.45) is -1.44. The second-order valence-electron chi connectivity index (χ2n) is 10.7. The van der Waals surface area contributed by atoms with Crippen LogP contribution in [0.4, 0.5) is 17.6 Å². The molecule has 3 amide bonds. The highest BCUT2D eigenvalue weighted by Gasteiger charge is 2.39. The van der Waals surface area contributed by atoms with Crippen LogP contribution < -0.4 is 5.32 Å². The number of hydrogen-bond donors (Lipinski definition) is 1. The van der Waals surface area contributed by atoms with Gasteiger partial charge < -0.3 is 15.1 Å². The Labute approximate surface area is 239 Å². The van der Waals surface area contributed by atoms with E-state index in [1.54, 1.807) is 24.1 Å². The smallest absolute Gasteiger partial charge is 0.354 e. The van der Waals surface area contributed by atoms with Crippen LogP contribution in [0.5, 0.6) is 0 Å². The van der Waals surface area contributed by atoms with E-state index in [1.165, 1.54) is 30.0 Å². The highest BCUT2D eigenvalue weighted by atomic mass is 79.9. The summed E-state index contributed by atoms with van der Waals surface area (Å²) in [5.74, 6) is -1.59. The van der Waals surface area contributed by atoms with Crippen LogP contribution in [0.3, 0.4) is 0 Å². The number of likely N-dealkylation sites (N-methyl/N-ethyl adjacent to an activating group) is 1. The predicted molar refractivity (Wildman–Crippen MR) is 145 cm³/mol. The third-order valence-electron chi connectivity index (χ3n) is 7.96. The summed E-state index contributed by atoms with van der Waals surface area (Å²) in [5, 5.41) is 2.91. The molecule has 2 unspecified atom stereocenters. The fourth-order valence-corrected chi connectivity index (χ4v) is 6.40. The average molecular weight is 626 g/mol. The number of carbonyl (C=O) groups is 3. The van der Waals surface area contributed by atoms with Gasteiger partial charge in [-0.1, -0.05) is 28.1 Å². The Morgan fingerprint density at radius 1 is 1.00 bits per heavy atom. The van der Waals surface area contributed by atoms with E-state index >= 15 is 0 Å². The first kappa shape index (κ1) is 30.0. The van der Waals surface area contributed by atoms with Gasteiger partial charge in [-0.2, -0.15) is 13.2 Å². The number of carbonyl (C=O) groups excluding carboxylic acids is 3. The van der Waals surface area contributed by atoms with Crippen molar-refractivity contribution in [2.24, 2.45) is 5.92 Å². The second kappa shape index (κ2) is 12.3. The number of likely N-dealkylation sites (tertiary alicyclic amines) is 1. The summed E-state index contributed by atoms with van der Waals surface area (Å²) in [5.41, 5.74) is -0.290. The highest BCUT2D eigenvalue weighted by molar-refractivity contribution is 9.10. The average Bonchev–Trinajstić information content (AvgIpc) is 2.91. The Morgan fingerprint density at radius 2 is 1.65 bits per heavy atom. The zero-order valence-corrected chi connectivity index (χ0v) is 23.9. The Morgan fingerprint density at radius 3 is 2.25 bits per heavy atom. The summed E-state index contributed by atoms with van der Waals surface area (Å²) in [6.45, 7) is 2.16. The maximum absolute atomic E-state index is 13.7. The van der Waals surface area contributed by atoms with Gasteiger partial charge in [0.05, 0.1) is 5.56 Å². The summed E-state index contributed by atoms with van der Waals surface area (Å²) in [7, 11) is 1.55. The number of rotatable bonds is 5. The molecule has 2 aromatic carbocycles. The number of halogens is 5. The monoisotopic (exact) mass is 625 g/mol. The third-order valence-corrected chi connectivity index (χ3v) is 8.42. The molecule has 4 rings (SSSR count). The summed E-state index contributed by atoms with van der Waals surface area (Å²) in [4.78, 5) is 41.5. The van der Waals surface area contributed by atoms with Crippen molar-refractivity contribution in [2.75, 3.05) is 20.1 Å². The minimum atomic E-state index is -4.61. The van der Waals surface area contributed by atoms with E-state index in [0.717, 1.165) is 30.5 Å². The van der Waals surface area contributed by atoms with Crippen LogP contribution in [0.1, 0.15) is 66.4 Å². The topological polar surface area (TPSA) is 69.7 Å². The van der Waals surface area contributed by atoms with Crippen LogP contribution in [0.2, 0.25) is 0 Å². The van der Waals surface area contributed by atoms with Crippen molar-refractivity contribution >= 4 is 33.7 Å². The number of piperidine rings is 1. The van der Waals surface area contributed by atoms with E-state index in [9.17, 15) is 31.9 Å². The van der Waals surface area contributed by atoms with Crippen molar-refractivity contribution < 1.29 is 31.9 Å². The van der Waals surface area contributed by atoms with Gasteiger partial charge in [0.25, 0.3) is 5.91 Å². The molecule has 2 fully saturated rings. The van der Waals surface area contributed by atoms with Crippen molar-refractivity contribution in [3.8, 4) is 0 Å². The molecule has 11 heteroatoms. The van der Waals surface area contributed by atoms with Crippen molar-refractivity contribution in [3.05, 3.63) is 69.4 Å². The van der Waals surface area contributed by atoms with Gasteiger partial charge in [0.2, 0.25) is 11.8 Å². The molecular weight excluding hydrogens is 594 g/mol. The lowest BCUT2D eigenvalue weighted by molar-refractivity contribution is -0.139. The number of nitrogens with one attached hydrogen (secondary N) is 1. The van der Waals surface area contributed by atoms with E-state index < -0.39 is 29.5 Å². The van der Waals surface area contributed by atoms with Crippen molar-refractivity contribution in [3.63, 3.8) is 0 Å². The molecule has 2 aromatic rings. The quantitative estimate of drug-likeness (QED) is 0.430. The number of nitrogens with zero attached hydrogens (tertiary/aromatic N) is 2. The van der Waals surface area contributed by atoms with Gasteiger partial charge >= 0.3 is 6.18 Å². The molecule has 40 heavy (non-hydrogen) atoms. The molecule has 0 spiro atoms. The molecule has 1 aliphatic heterocycles. The number of alkyl halides is 3. The molecule has 0 bridgehead atoms. The molecule has 1 saturated carbocycles. The zero-order chi connectivity index (χ0) is 29.2. The van der Waals surface area contributed by atoms with Crippen LogP contribution >= 0.6 is 15.9 Å². The maximum atomic E-state index is 13.7. The van der Waals surface area contributed by atoms with Crippen LogP contribution in [-0.4, -0.2) is 59.7 Å². The summed E-state index contributed by atoms with van der Waals surface area (Å²) in [6, 6.07) is 8.65. The van der Waals surface area contributed by atoms with Gasteiger partial charge in [-0.15, -0.1) is 0 Å². The van der Waals surface area contributed by atoms with Gasteiger partial charge in [-0.05, 0) is 68.0 Å². The number of amides is 3. The van der Waals surface area contributed by atoms with Crippen LogP contribution in [0.25, 0.3) is 0 Å². The molecule has 1 saturated heterocycles. The molecule has 1 aliphatic carbocycles. The van der Waals surface area contributed by atoms with Crippen LogP contribution in [0, 0.1) is 11.7 Å². The number of benzene rings is 2. The lowest BCUT2D eigenvalue weighted by atomic mass is 9.82. The second-order valence-corrected chi connectivity index (χ2v) is 11.6. The van der Waals surface area contributed by atoms with Crippen molar-refractivity contribution in [1.82, 2.24) is 15.1 Å². The van der Waals surface area contributed by atoms with Gasteiger partial charge in [0.15, 0.2) is 0 Å². The SMILES string of the molecule is CC(=O)NC1CCC(C(=O)N2CCC(N(C)C(=O)c3cc(Br)cc(C(F)(F)F)c3)C(c3ccc(F)cc3)C2)CC1. The first-order valence-corrected chi connectivity index (χ1v) is 14.1. The minimum absolute atomic E-state index is 0.0163. The van der Waals surface area contributed by atoms with E-state index in [4.69, 9.17) is 0 Å². The fraction of sp³-hybridized carbons (Fsp3) is 0.483. The Kier molecular flexibility index (Phi) is 9.22. The lowest BCUT2D eigenvalue weighted by Crippen LogP contribution is -2.53. The molecule has 1 heterocycles. The summed E-state index contributed by atoms with van der Waals surface area (Å²) < 4.78 is 54.1. The molecule has 6 nitrogen and oxygen atoms in total. The van der Waals surface area contributed by atoms with Crippen molar-refractivity contribution in [1.29, 1.82) is 0 Å². The Bertz CT molecular complexity index is 1250. The molecule has 0 aromatic heterocycles. The third kappa shape index (κ3) is 7.03. The molecule has 2 atom stereocenters. The van der Waals surface area contributed by atoms with Crippen molar-refractivity contribution in [2.45, 2.75) is 63.2 Å². The van der Waals surface area contributed by atoms with E-state index in [0.29, 0.717) is 32.4 Å². The predicted octanol–water partition coefficient (Wildman–Crippen LogP) is 5.76. The highest BCUT2D eigenvalue weighted by Crippen LogP contribution is 2.36. The largest absolute Gasteiger partial charge is 0.416 e. The maximum Gasteiger partial charge on any atom is 0.416 e. The Hall–Kier alpha value is -2.95. The van der Waals surface area contributed by atoms with Gasteiger partial charge in [0, 0.05) is 61.0 Å². The summed E-state index contributed by atoms with van der Waals surface area (Å²) >= 11 is 3.08. The van der Waals surface area contributed by atoms with E-state index in [1.807, 2.05) is 0 Å². The molecule has 216 valence electrons. The minimum Gasteiger partial charge on any atom is -0.354 e. The lowest BCUT2D eigenvalue weighted by Gasteiger charge is -2.44. The van der Waals surface area contributed by atoms with Gasteiger partial charge in [-0.25, -0.2) is 4.39 Å². The van der Waals surface area contributed by atoms with Gasteiger partial charge in [0.1, 0.15) is 5.82 Å². The van der Waals surface area contributed by atoms with Gasteiger partial charge in [-0.3, -0.25) is 14.4 Å². The fourth-order valence-electron chi connectivity index (χ4n) is 5.90. The van der Waals surface area contributed by atoms with Crippen LogP contribution in [-0.2, 0) is 15.8 Å². The molecule has 1 N–H and O–H groups in total. The van der Waals surface area contributed by atoms with E-state index in [-0.39, 0.29) is 39.7 Å². The normalized spacial score (nSPS) is 23.4. The zero-order valence-electron chi connectivity index (χ0n) is 22.3. The first-order chi connectivity index (χ1) is 18.8.